The number of aromatic nitrogens is 1. The molecule has 100 valence electrons. The van der Waals surface area contributed by atoms with Crippen molar-refractivity contribution in [3.05, 3.63) is 34.4 Å². The van der Waals surface area contributed by atoms with Gasteiger partial charge in [-0.3, -0.25) is 9.59 Å². The van der Waals surface area contributed by atoms with Crippen LogP contribution in [0.15, 0.2) is 28.9 Å². The number of hydrogen-bond donors (Lipinski definition) is 2. The third-order valence-corrected chi connectivity index (χ3v) is 3.80. The van der Waals surface area contributed by atoms with E-state index in [0.29, 0.717) is 5.56 Å². The van der Waals surface area contributed by atoms with Gasteiger partial charge in [0.15, 0.2) is 5.78 Å². The average Bonchev–Trinajstić information content (AvgIpc) is 2.73. The van der Waals surface area contributed by atoms with Crippen molar-refractivity contribution in [2.24, 2.45) is 5.41 Å². The fourth-order valence-corrected chi connectivity index (χ4v) is 2.51. The zero-order valence-corrected chi connectivity index (χ0v) is 12.2. The van der Waals surface area contributed by atoms with E-state index < -0.39 is 11.4 Å². The van der Waals surface area contributed by atoms with Gasteiger partial charge in [0.2, 0.25) is 0 Å². The minimum Gasteiger partial charge on any atom is -0.481 e. The van der Waals surface area contributed by atoms with Crippen LogP contribution < -0.4 is 0 Å². The largest absolute Gasteiger partial charge is 0.481 e. The average molecular weight is 324 g/mol. The summed E-state index contributed by atoms with van der Waals surface area (Å²) in [5.74, 6) is -1.15. The summed E-state index contributed by atoms with van der Waals surface area (Å²) in [5, 5.41) is 9.89. The van der Waals surface area contributed by atoms with Crippen molar-refractivity contribution in [2.45, 2.75) is 20.3 Å². The highest BCUT2D eigenvalue weighted by molar-refractivity contribution is 9.10. The first kappa shape index (κ1) is 13.8. The number of fused-ring (bicyclic) bond motifs is 1. The fraction of sp³-hybridized carbons (Fsp3) is 0.286. The number of rotatable bonds is 4. The van der Waals surface area contributed by atoms with Crippen LogP contribution in [0.2, 0.25) is 0 Å². The van der Waals surface area contributed by atoms with E-state index in [1.165, 1.54) is 0 Å². The molecule has 0 bridgehead atoms. The monoisotopic (exact) mass is 323 g/mol. The van der Waals surface area contributed by atoms with Crippen molar-refractivity contribution >= 4 is 38.6 Å². The van der Waals surface area contributed by atoms with Crippen LogP contribution in [0.25, 0.3) is 10.9 Å². The number of carboxylic acids is 1. The van der Waals surface area contributed by atoms with Gasteiger partial charge < -0.3 is 10.1 Å². The Balaban J connectivity index is 2.40. The molecule has 0 spiro atoms. The van der Waals surface area contributed by atoms with Crippen molar-refractivity contribution in [1.82, 2.24) is 4.98 Å². The van der Waals surface area contributed by atoms with Crippen LogP contribution in [0.3, 0.4) is 0 Å². The molecule has 0 saturated carbocycles. The molecule has 2 N–H and O–H groups in total. The summed E-state index contributed by atoms with van der Waals surface area (Å²) in [6.07, 6.45) is 1.60. The SMILES string of the molecule is CC(C)(CC(=O)c1c[nH]c2cccc(Br)c12)C(=O)O. The number of carboxylic acid groups (broad SMARTS) is 1. The Morgan fingerprint density at radius 1 is 1.37 bits per heavy atom. The summed E-state index contributed by atoms with van der Waals surface area (Å²) in [5.41, 5.74) is 0.310. The van der Waals surface area contributed by atoms with E-state index in [4.69, 9.17) is 5.11 Å². The molecular weight excluding hydrogens is 310 g/mol. The lowest BCUT2D eigenvalue weighted by Gasteiger charge is -2.17. The molecule has 2 aromatic rings. The lowest BCUT2D eigenvalue weighted by molar-refractivity contribution is -0.146. The van der Waals surface area contributed by atoms with Gasteiger partial charge in [0.25, 0.3) is 0 Å². The highest BCUT2D eigenvalue weighted by Gasteiger charge is 2.31. The van der Waals surface area contributed by atoms with Crippen LogP contribution in [-0.2, 0) is 4.79 Å². The molecule has 2 rings (SSSR count). The highest BCUT2D eigenvalue weighted by Crippen LogP contribution is 2.30. The Bertz CT molecular complexity index is 658. The van der Waals surface area contributed by atoms with Crippen molar-refractivity contribution in [2.75, 3.05) is 0 Å². The second-order valence-electron chi connectivity index (χ2n) is 5.15. The maximum absolute atomic E-state index is 12.3. The van der Waals surface area contributed by atoms with Gasteiger partial charge in [-0.25, -0.2) is 0 Å². The maximum atomic E-state index is 12.3. The number of Topliss-reactive ketones (excluding diaryl/α,β-unsaturated/α-hetero) is 1. The van der Waals surface area contributed by atoms with Gasteiger partial charge in [-0.1, -0.05) is 22.0 Å². The first-order chi connectivity index (χ1) is 8.83. The van der Waals surface area contributed by atoms with Crippen LogP contribution >= 0.6 is 15.9 Å². The van der Waals surface area contributed by atoms with Crippen LogP contribution in [-0.4, -0.2) is 21.8 Å². The number of H-pyrrole nitrogens is 1. The number of carbonyl (C=O) groups is 2. The molecule has 0 aliphatic rings. The molecule has 0 radical (unpaired) electrons. The summed E-state index contributed by atoms with van der Waals surface area (Å²) in [6.45, 7) is 3.11. The summed E-state index contributed by atoms with van der Waals surface area (Å²) >= 11 is 3.42. The normalized spacial score (nSPS) is 11.7. The summed E-state index contributed by atoms with van der Waals surface area (Å²) in [4.78, 5) is 26.4. The molecule has 19 heavy (non-hydrogen) atoms. The predicted molar refractivity (Wildman–Crippen MR) is 76.4 cm³/mol. The molecule has 0 aliphatic carbocycles. The molecule has 0 amide bonds. The molecular formula is C14H14BrNO3. The van der Waals surface area contributed by atoms with E-state index in [2.05, 4.69) is 20.9 Å². The van der Waals surface area contributed by atoms with Gasteiger partial charge in [-0.15, -0.1) is 0 Å². The number of carbonyl (C=O) groups excluding carboxylic acids is 1. The summed E-state index contributed by atoms with van der Waals surface area (Å²) in [6, 6.07) is 5.60. The fourth-order valence-electron chi connectivity index (χ4n) is 1.93. The number of ketones is 1. The minimum absolute atomic E-state index is 0.0311. The molecule has 0 saturated heterocycles. The predicted octanol–water partition coefficient (Wildman–Crippen LogP) is 3.61. The third-order valence-electron chi connectivity index (χ3n) is 3.14. The Morgan fingerprint density at radius 2 is 2.05 bits per heavy atom. The van der Waals surface area contributed by atoms with Gasteiger partial charge in [-0.2, -0.15) is 0 Å². The number of aromatic amines is 1. The topological polar surface area (TPSA) is 70.2 Å². The second kappa shape index (κ2) is 4.81. The summed E-state index contributed by atoms with van der Waals surface area (Å²) < 4.78 is 0.822. The third kappa shape index (κ3) is 2.56. The molecule has 0 unspecified atom stereocenters. The van der Waals surface area contributed by atoms with Gasteiger partial charge in [0.1, 0.15) is 0 Å². The zero-order valence-electron chi connectivity index (χ0n) is 10.7. The van der Waals surface area contributed by atoms with Gasteiger partial charge in [-0.05, 0) is 26.0 Å². The first-order valence-electron chi connectivity index (χ1n) is 5.85. The molecule has 4 nitrogen and oxygen atoms in total. The van der Waals surface area contributed by atoms with E-state index in [9.17, 15) is 9.59 Å². The number of aliphatic carboxylic acids is 1. The summed E-state index contributed by atoms with van der Waals surface area (Å²) in [7, 11) is 0. The lowest BCUT2D eigenvalue weighted by atomic mass is 9.85. The van der Waals surface area contributed by atoms with Gasteiger partial charge in [0.05, 0.1) is 5.41 Å². The Labute approximate surface area is 118 Å². The van der Waals surface area contributed by atoms with Gasteiger partial charge in [0, 0.05) is 33.6 Å². The van der Waals surface area contributed by atoms with Crippen molar-refractivity contribution in [1.29, 1.82) is 0 Å². The Hall–Kier alpha value is -1.62. The van der Waals surface area contributed by atoms with Crippen LogP contribution in [0.4, 0.5) is 0 Å². The van der Waals surface area contributed by atoms with Crippen molar-refractivity contribution in [3.63, 3.8) is 0 Å². The molecule has 0 atom stereocenters. The minimum atomic E-state index is -1.07. The smallest absolute Gasteiger partial charge is 0.309 e. The Morgan fingerprint density at radius 3 is 2.68 bits per heavy atom. The zero-order chi connectivity index (χ0) is 14.2. The van der Waals surface area contributed by atoms with Crippen LogP contribution in [0, 0.1) is 5.41 Å². The number of halogens is 1. The van der Waals surface area contributed by atoms with E-state index in [1.807, 2.05) is 18.2 Å². The standard InChI is InChI=1S/C14H14BrNO3/c1-14(2,13(18)19)6-11(17)8-7-16-10-5-3-4-9(15)12(8)10/h3-5,7,16H,6H2,1-2H3,(H,18,19). The van der Waals surface area contributed by atoms with Crippen molar-refractivity contribution in [3.8, 4) is 0 Å². The van der Waals surface area contributed by atoms with E-state index >= 15 is 0 Å². The Kier molecular flexibility index (Phi) is 3.49. The van der Waals surface area contributed by atoms with E-state index in [1.54, 1.807) is 20.0 Å². The number of hydrogen-bond acceptors (Lipinski definition) is 2. The lowest BCUT2D eigenvalue weighted by Crippen LogP contribution is -2.26. The van der Waals surface area contributed by atoms with Crippen LogP contribution in [0.1, 0.15) is 30.6 Å². The second-order valence-corrected chi connectivity index (χ2v) is 6.01. The van der Waals surface area contributed by atoms with Crippen LogP contribution in [0.5, 0.6) is 0 Å². The molecule has 5 heteroatoms. The van der Waals surface area contributed by atoms with Gasteiger partial charge >= 0.3 is 5.97 Å². The molecule has 0 fully saturated rings. The number of nitrogens with one attached hydrogen (secondary N) is 1. The van der Waals surface area contributed by atoms with Crippen molar-refractivity contribution < 1.29 is 14.7 Å². The number of benzene rings is 1. The quantitative estimate of drug-likeness (QED) is 0.844. The molecule has 0 aliphatic heterocycles. The molecule has 1 aromatic carbocycles. The first-order valence-corrected chi connectivity index (χ1v) is 6.64. The molecule has 1 heterocycles. The highest BCUT2D eigenvalue weighted by atomic mass is 79.9. The van der Waals surface area contributed by atoms with E-state index in [0.717, 1.165) is 15.4 Å². The van der Waals surface area contributed by atoms with E-state index in [-0.39, 0.29) is 12.2 Å². The molecule has 1 aromatic heterocycles. The maximum Gasteiger partial charge on any atom is 0.309 e.